The summed E-state index contributed by atoms with van der Waals surface area (Å²) in [5.74, 6) is 0.0322. The van der Waals surface area contributed by atoms with Gasteiger partial charge in [-0.3, -0.25) is 14.4 Å². The molecule has 2 saturated heterocycles. The maximum absolute atomic E-state index is 13.6. The van der Waals surface area contributed by atoms with Gasteiger partial charge in [0, 0.05) is 18.4 Å². The lowest BCUT2D eigenvalue weighted by Crippen LogP contribution is -2.58. The van der Waals surface area contributed by atoms with Crippen molar-refractivity contribution in [1.82, 2.24) is 20.9 Å². The van der Waals surface area contributed by atoms with E-state index in [1.54, 1.807) is 18.9 Å². The van der Waals surface area contributed by atoms with E-state index in [1.807, 2.05) is 38.1 Å². The van der Waals surface area contributed by atoms with Crippen LogP contribution in [0.4, 0.5) is 0 Å². The minimum atomic E-state index is -0.730. The number of hydrogen-bond acceptors (Lipinski definition) is 6. The number of para-hydroxylation sites is 1. The quantitative estimate of drug-likeness (QED) is 0.610. The Morgan fingerprint density at radius 3 is 2.61 bits per heavy atom. The van der Waals surface area contributed by atoms with Crippen molar-refractivity contribution in [2.24, 2.45) is 5.41 Å². The summed E-state index contributed by atoms with van der Waals surface area (Å²) < 4.78 is 11.7. The van der Waals surface area contributed by atoms with E-state index in [0.717, 1.165) is 11.3 Å². The van der Waals surface area contributed by atoms with E-state index in [4.69, 9.17) is 9.47 Å². The predicted molar refractivity (Wildman–Crippen MR) is 121 cm³/mol. The number of ether oxygens (including phenoxy) is 2. The first-order valence-electron chi connectivity index (χ1n) is 11.7. The molecule has 180 valence electrons. The van der Waals surface area contributed by atoms with Crippen molar-refractivity contribution in [2.75, 3.05) is 20.3 Å². The molecule has 4 rings (SSSR count). The van der Waals surface area contributed by atoms with Crippen molar-refractivity contribution in [1.29, 1.82) is 0 Å². The van der Waals surface area contributed by atoms with Crippen LogP contribution >= 0.6 is 0 Å². The number of amides is 3. The van der Waals surface area contributed by atoms with Gasteiger partial charge in [-0.1, -0.05) is 32.0 Å². The highest BCUT2D eigenvalue weighted by Crippen LogP contribution is 2.43. The Hall–Kier alpha value is -2.65. The molecule has 0 saturated carbocycles. The molecule has 3 aliphatic heterocycles. The molecule has 0 radical (unpaired) electrons. The third-order valence-corrected chi connectivity index (χ3v) is 6.96. The van der Waals surface area contributed by atoms with Gasteiger partial charge in [-0.05, 0) is 31.9 Å². The van der Waals surface area contributed by atoms with Gasteiger partial charge < -0.3 is 30.3 Å². The number of nitrogens with one attached hydrogen (secondary N) is 3. The Morgan fingerprint density at radius 1 is 1.12 bits per heavy atom. The van der Waals surface area contributed by atoms with Crippen LogP contribution in [-0.2, 0) is 19.1 Å². The molecule has 3 N–H and O–H groups in total. The average Bonchev–Trinajstić information content (AvgIpc) is 2.99. The van der Waals surface area contributed by atoms with E-state index >= 15 is 0 Å². The summed E-state index contributed by atoms with van der Waals surface area (Å²) in [6, 6.07) is 5.63. The van der Waals surface area contributed by atoms with Gasteiger partial charge in [-0.25, -0.2) is 0 Å². The van der Waals surface area contributed by atoms with Crippen LogP contribution in [0, 0.1) is 5.41 Å². The van der Waals surface area contributed by atoms with Crippen LogP contribution in [0.3, 0.4) is 0 Å². The Morgan fingerprint density at radius 2 is 1.85 bits per heavy atom. The van der Waals surface area contributed by atoms with Crippen LogP contribution in [0.1, 0.15) is 51.6 Å². The molecule has 9 nitrogen and oxygen atoms in total. The number of carbonyl (C=O) groups is 3. The molecule has 1 aromatic rings. The summed E-state index contributed by atoms with van der Waals surface area (Å²) in [5.41, 5.74) is 0.452. The van der Waals surface area contributed by atoms with Crippen LogP contribution in [0.5, 0.6) is 5.75 Å². The van der Waals surface area contributed by atoms with Gasteiger partial charge in [0.15, 0.2) is 0 Å². The van der Waals surface area contributed by atoms with Crippen molar-refractivity contribution >= 4 is 17.7 Å². The predicted octanol–water partition coefficient (Wildman–Crippen LogP) is 1.09. The SMILES string of the molecule is CNC(C)C(=O)N[C@H]1CCO[C@H]2CC(C)(C)[C@@H](C(=O)N[C@@H]3CCOc4ccccc43)N2C1=O. The second-order valence-corrected chi connectivity index (χ2v) is 9.76. The molecule has 33 heavy (non-hydrogen) atoms. The van der Waals surface area contributed by atoms with Crippen molar-refractivity contribution in [3.63, 3.8) is 0 Å². The second kappa shape index (κ2) is 9.30. The number of carbonyl (C=O) groups excluding carboxylic acids is 3. The minimum Gasteiger partial charge on any atom is -0.493 e. The van der Waals surface area contributed by atoms with E-state index in [1.165, 1.54) is 0 Å². The topological polar surface area (TPSA) is 109 Å². The lowest BCUT2D eigenvalue weighted by molar-refractivity contribution is -0.150. The largest absolute Gasteiger partial charge is 0.493 e. The standard InChI is InChI=1S/C24H34N4O5/c1-14(25-4)21(29)27-17-10-12-33-19-13-24(2,3)20(28(19)23(17)31)22(30)26-16-9-11-32-18-8-6-5-7-15(16)18/h5-8,14,16-17,19-20,25H,9-13H2,1-4H3,(H,26,30)(H,27,29)/t14?,16-,17+,19+,20-/m1/s1. The maximum atomic E-state index is 13.6. The lowest BCUT2D eigenvalue weighted by Gasteiger charge is -2.35. The van der Waals surface area contributed by atoms with Gasteiger partial charge in [0.2, 0.25) is 17.7 Å². The van der Waals surface area contributed by atoms with Crippen LogP contribution in [0.2, 0.25) is 0 Å². The van der Waals surface area contributed by atoms with E-state index in [-0.39, 0.29) is 23.8 Å². The lowest BCUT2D eigenvalue weighted by atomic mass is 9.83. The van der Waals surface area contributed by atoms with Crippen molar-refractivity contribution in [3.8, 4) is 5.75 Å². The monoisotopic (exact) mass is 458 g/mol. The van der Waals surface area contributed by atoms with Crippen LogP contribution in [0.15, 0.2) is 24.3 Å². The molecule has 3 heterocycles. The van der Waals surface area contributed by atoms with Gasteiger partial charge in [0.1, 0.15) is 24.1 Å². The van der Waals surface area contributed by atoms with Gasteiger partial charge in [0.05, 0.1) is 25.3 Å². The molecule has 0 aromatic heterocycles. The van der Waals surface area contributed by atoms with E-state index in [0.29, 0.717) is 32.5 Å². The number of likely N-dealkylation sites (N-methyl/N-ethyl adjacent to an activating group) is 1. The molecule has 1 unspecified atom stereocenters. The maximum Gasteiger partial charge on any atom is 0.247 e. The van der Waals surface area contributed by atoms with Crippen LogP contribution < -0.4 is 20.7 Å². The third-order valence-electron chi connectivity index (χ3n) is 6.96. The normalized spacial score (nSPS) is 29.2. The molecular weight excluding hydrogens is 424 g/mol. The summed E-state index contributed by atoms with van der Waals surface area (Å²) in [4.78, 5) is 41.2. The van der Waals surface area contributed by atoms with Gasteiger partial charge >= 0.3 is 0 Å². The summed E-state index contributed by atoms with van der Waals surface area (Å²) in [5, 5.41) is 8.88. The smallest absolute Gasteiger partial charge is 0.247 e. The fraction of sp³-hybridized carbons (Fsp3) is 0.625. The van der Waals surface area contributed by atoms with Gasteiger partial charge in [-0.15, -0.1) is 0 Å². The highest BCUT2D eigenvalue weighted by atomic mass is 16.5. The fourth-order valence-electron chi connectivity index (χ4n) is 5.02. The van der Waals surface area contributed by atoms with Gasteiger partial charge in [-0.2, -0.15) is 0 Å². The Balaban J connectivity index is 1.56. The first-order valence-corrected chi connectivity index (χ1v) is 11.7. The molecule has 3 aliphatic rings. The Labute approximate surface area is 194 Å². The summed E-state index contributed by atoms with van der Waals surface area (Å²) in [6.45, 7) is 6.55. The number of fused-ring (bicyclic) bond motifs is 2. The first-order chi connectivity index (χ1) is 15.7. The van der Waals surface area contributed by atoms with Crippen LogP contribution in [-0.4, -0.2) is 67.2 Å². The Bertz CT molecular complexity index is 920. The molecule has 0 bridgehead atoms. The molecule has 2 fully saturated rings. The van der Waals surface area contributed by atoms with E-state index < -0.39 is 29.8 Å². The molecule has 0 spiro atoms. The zero-order chi connectivity index (χ0) is 23.8. The number of nitrogens with zero attached hydrogens (tertiary/aromatic N) is 1. The highest BCUT2D eigenvalue weighted by molar-refractivity contribution is 5.94. The first kappa shape index (κ1) is 23.5. The minimum absolute atomic E-state index is 0.188. The summed E-state index contributed by atoms with van der Waals surface area (Å²) >= 11 is 0. The molecule has 9 heteroatoms. The van der Waals surface area contributed by atoms with Crippen molar-refractivity contribution < 1.29 is 23.9 Å². The zero-order valence-electron chi connectivity index (χ0n) is 19.7. The van der Waals surface area contributed by atoms with E-state index in [2.05, 4.69) is 16.0 Å². The zero-order valence-corrected chi connectivity index (χ0v) is 19.7. The van der Waals surface area contributed by atoms with Crippen molar-refractivity contribution in [3.05, 3.63) is 29.8 Å². The molecule has 3 amide bonds. The Kier molecular flexibility index (Phi) is 6.63. The van der Waals surface area contributed by atoms with Crippen LogP contribution in [0.25, 0.3) is 0 Å². The molecule has 5 atom stereocenters. The van der Waals surface area contributed by atoms with Gasteiger partial charge in [0.25, 0.3) is 0 Å². The third kappa shape index (κ3) is 4.56. The molecular formula is C24H34N4O5. The summed E-state index contributed by atoms with van der Waals surface area (Å²) in [6.07, 6.45) is 1.09. The number of rotatable bonds is 5. The van der Waals surface area contributed by atoms with Crippen molar-refractivity contribution in [2.45, 2.75) is 70.4 Å². The number of benzene rings is 1. The molecule has 0 aliphatic carbocycles. The number of hydrogen-bond donors (Lipinski definition) is 3. The second-order valence-electron chi connectivity index (χ2n) is 9.76. The fourth-order valence-corrected chi connectivity index (χ4v) is 5.02. The highest BCUT2D eigenvalue weighted by Gasteiger charge is 2.55. The van der Waals surface area contributed by atoms with E-state index in [9.17, 15) is 14.4 Å². The molecule has 1 aromatic carbocycles. The average molecular weight is 459 g/mol. The summed E-state index contributed by atoms with van der Waals surface area (Å²) in [7, 11) is 1.69.